The SMILES string of the molecule is COC[C@@H]1OC2(CCC(C)=CC2=O)O[C@H]1COC. The summed E-state index contributed by atoms with van der Waals surface area (Å²) >= 11 is 0. The molecule has 2 aliphatic rings. The predicted octanol–water partition coefficient (Wildman–Crippen LogP) is 1.07. The topological polar surface area (TPSA) is 54.0 Å². The van der Waals surface area contributed by atoms with Gasteiger partial charge in [-0.3, -0.25) is 4.79 Å². The van der Waals surface area contributed by atoms with Crippen LogP contribution in [0.2, 0.25) is 0 Å². The average molecular weight is 256 g/mol. The summed E-state index contributed by atoms with van der Waals surface area (Å²) in [5.41, 5.74) is 1.07. The van der Waals surface area contributed by atoms with Crippen molar-refractivity contribution in [2.75, 3.05) is 27.4 Å². The molecule has 2 atom stereocenters. The summed E-state index contributed by atoms with van der Waals surface area (Å²) in [5.74, 6) is -1.22. The fourth-order valence-electron chi connectivity index (χ4n) is 2.40. The monoisotopic (exact) mass is 256 g/mol. The molecule has 0 amide bonds. The lowest BCUT2D eigenvalue weighted by Gasteiger charge is -2.29. The fourth-order valence-corrected chi connectivity index (χ4v) is 2.40. The molecule has 102 valence electrons. The van der Waals surface area contributed by atoms with E-state index >= 15 is 0 Å². The molecule has 1 saturated heterocycles. The number of hydrogen-bond donors (Lipinski definition) is 0. The van der Waals surface area contributed by atoms with Gasteiger partial charge >= 0.3 is 0 Å². The van der Waals surface area contributed by atoms with Gasteiger partial charge in [0.2, 0.25) is 11.6 Å². The van der Waals surface area contributed by atoms with Gasteiger partial charge in [-0.05, 0) is 19.4 Å². The summed E-state index contributed by atoms with van der Waals surface area (Å²) < 4.78 is 21.9. The van der Waals surface area contributed by atoms with E-state index in [0.29, 0.717) is 19.6 Å². The number of ether oxygens (including phenoxy) is 4. The summed E-state index contributed by atoms with van der Waals surface area (Å²) in [6, 6.07) is 0. The van der Waals surface area contributed by atoms with E-state index < -0.39 is 5.79 Å². The molecule has 5 heteroatoms. The van der Waals surface area contributed by atoms with Crippen LogP contribution in [0.4, 0.5) is 0 Å². The molecule has 0 unspecified atom stereocenters. The summed E-state index contributed by atoms with van der Waals surface area (Å²) in [7, 11) is 3.20. The zero-order chi connectivity index (χ0) is 13.2. The second kappa shape index (κ2) is 5.48. The first kappa shape index (κ1) is 13.7. The van der Waals surface area contributed by atoms with Gasteiger partial charge in [0.05, 0.1) is 13.2 Å². The Morgan fingerprint density at radius 1 is 1.28 bits per heavy atom. The van der Waals surface area contributed by atoms with E-state index in [1.54, 1.807) is 20.3 Å². The molecule has 0 saturated carbocycles. The number of allylic oxidation sites excluding steroid dienone is 1. The number of rotatable bonds is 4. The van der Waals surface area contributed by atoms with Crippen LogP contribution in [0.1, 0.15) is 19.8 Å². The van der Waals surface area contributed by atoms with Crippen LogP contribution in [-0.2, 0) is 23.7 Å². The first-order valence-corrected chi connectivity index (χ1v) is 6.16. The molecule has 0 radical (unpaired) electrons. The van der Waals surface area contributed by atoms with Gasteiger partial charge in [-0.2, -0.15) is 0 Å². The highest BCUT2D eigenvalue weighted by Crippen LogP contribution is 2.38. The lowest BCUT2D eigenvalue weighted by Crippen LogP contribution is -2.42. The van der Waals surface area contributed by atoms with E-state index in [9.17, 15) is 4.79 Å². The maximum absolute atomic E-state index is 12.1. The summed E-state index contributed by atoms with van der Waals surface area (Å²) in [5, 5.41) is 0. The van der Waals surface area contributed by atoms with E-state index in [-0.39, 0.29) is 18.0 Å². The van der Waals surface area contributed by atoms with Crippen molar-refractivity contribution in [3.05, 3.63) is 11.6 Å². The summed E-state index contributed by atoms with van der Waals surface area (Å²) in [4.78, 5) is 12.1. The molecule has 0 bridgehead atoms. The Bertz CT molecular complexity index is 335. The maximum atomic E-state index is 12.1. The molecule has 0 aromatic rings. The Morgan fingerprint density at radius 2 is 1.83 bits per heavy atom. The van der Waals surface area contributed by atoms with E-state index in [0.717, 1.165) is 12.0 Å². The van der Waals surface area contributed by atoms with Crippen LogP contribution in [0.5, 0.6) is 0 Å². The van der Waals surface area contributed by atoms with Gasteiger partial charge in [0, 0.05) is 20.6 Å². The number of carbonyl (C=O) groups excluding carboxylic acids is 1. The van der Waals surface area contributed by atoms with E-state index in [1.165, 1.54) is 0 Å². The minimum atomic E-state index is -1.12. The standard InChI is InChI=1S/C13H20O5/c1-9-4-5-13(12(14)6-9)17-10(7-15-2)11(18-13)8-16-3/h6,10-11H,4-5,7-8H2,1-3H3/t10-,11-/m0/s1. The molecule has 18 heavy (non-hydrogen) atoms. The van der Waals surface area contributed by atoms with Gasteiger partial charge in [-0.25, -0.2) is 0 Å². The number of hydrogen-bond acceptors (Lipinski definition) is 5. The zero-order valence-corrected chi connectivity index (χ0v) is 11.1. The minimum Gasteiger partial charge on any atom is -0.382 e. The molecule has 0 aromatic heterocycles. The summed E-state index contributed by atoms with van der Waals surface area (Å²) in [6.07, 6.45) is 2.47. The first-order chi connectivity index (χ1) is 8.61. The number of carbonyl (C=O) groups is 1. The van der Waals surface area contributed by atoms with Crippen molar-refractivity contribution >= 4 is 5.78 Å². The van der Waals surface area contributed by atoms with E-state index in [4.69, 9.17) is 18.9 Å². The lowest BCUT2D eigenvalue weighted by molar-refractivity contribution is -0.191. The third-order valence-electron chi connectivity index (χ3n) is 3.36. The van der Waals surface area contributed by atoms with Gasteiger partial charge in [-0.15, -0.1) is 0 Å². The maximum Gasteiger partial charge on any atom is 0.234 e. The molecular formula is C13H20O5. The number of methoxy groups -OCH3 is 2. The second-order valence-electron chi connectivity index (χ2n) is 4.83. The Morgan fingerprint density at radius 3 is 2.28 bits per heavy atom. The highest BCUT2D eigenvalue weighted by atomic mass is 16.8. The van der Waals surface area contributed by atoms with Crippen molar-refractivity contribution in [3.63, 3.8) is 0 Å². The van der Waals surface area contributed by atoms with Crippen LogP contribution in [0, 0.1) is 0 Å². The van der Waals surface area contributed by atoms with Crippen molar-refractivity contribution < 1.29 is 23.7 Å². The predicted molar refractivity (Wildman–Crippen MR) is 64.2 cm³/mol. The van der Waals surface area contributed by atoms with E-state index in [2.05, 4.69) is 0 Å². The van der Waals surface area contributed by atoms with Crippen LogP contribution < -0.4 is 0 Å². The Kier molecular flexibility index (Phi) is 4.17. The van der Waals surface area contributed by atoms with Crippen molar-refractivity contribution in [2.24, 2.45) is 0 Å². The Hall–Kier alpha value is -0.750. The number of ketones is 1. The highest BCUT2D eigenvalue weighted by molar-refractivity contribution is 5.97. The first-order valence-electron chi connectivity index (χ1n) is 6.16. The Labute approximate surface area is 107 Å². The molecule has 1 heterocycles. The Balaban J connectivity index is 2.14. The molecule has 0 aromatic carbocycles. The normalized spacial score (nSPS) is 30.8. The molecule has 2 rings (SSSR count). The van der Waals surface area contributed by atoms with Crippen LogP contribution in [0.3, 0.4) is 0 Å². The largest absolute Gasteiger partial charge is 0.382 e. The smallest absolute Gasteiger partial charge is 0.234 e. The van der Waals surface area contributed by atoms with Gasteiger partial charge in [-0.1, -0.05) is 5.57 Å². The van der Waals surface area contributed by atoms with Gasteiger partial charge in [0.1, 0.15) is 12.2 Å². The van der Waals surface area contributed by atoms with Crippen LogP contribution >= 0.6 is 0 Å². The van der Waals surface area contributed by atoms with Crippen LogP contribution in [0.15, 0.2) is 11.6 Å². The third kappa shape index (κ3) is 2.49. The molecular weight excluding hydrogens is 236 g/mol. The van der Waals surface area contributed by atoms with Crippen LogP contribution in [0.25, 0.3) is 0 Å². The van der Waals surface area contributed by atoms with Crippen LogP contribution in [-0.4, -0.2) is 51.2 Å². The quantitative estimate of drug-likeness (QED) is 0.753. The molecule has 1 fully saturated rings. The van der Waals surface area contributed by atoms with Gasteiger partial charge in [0.15, 0.2) is 0 Å². The second-order valence-corrected chi connectivity index (χ2v) is 4.83. The molecule has 5 nitrogen and oxygen atoms in total. The molecule has 1 spiro atoms. The molecule has 1 aliphatic carbocycles. The summed E-state index contributed by atoms with van der Waals surface area (Å²) in [6.45, 7) is 2.73. The van der Waals surface area contributed by atoms with Crippen molar-refractivity contribution in [1.82, 2.24) is 0 Å². The van der Waals surface area contributed by atoms with Crippen molar-refractivity contribution in [3.8, 4) is 0 Å². The lowest BCUT2D eigenvalue weighted by atomic mass is 9.94. The highest BCUT2D eigenvalue weighted by Gasteiger charge is 2.52. The molecule has 1 aliphatic heterocycles. The van der Waals surface area contributed by atoms with Gasteiger partial charge < -0.3 is 18.9 Å². The zero-order valence-electron chi connectivity index (χ0n) is 11.1. The van der Waals surface area contributed by atoms with E-state index in [1.807, 2.05) is 6.92 Å². The third-order valence-corrected chi connectivity index (χ3v) is 3.36. The minimum absolute atomic E-state index is 0.106. The molecule has 0 N–H and O–H groups in total. The van der Waals surface area contributed by atoms with Gasteiger partial charge in [0.25, 0.3) is 0 Å². The fraction of sp³-hybridized carbons (Fsp3) is 0.769. The van der Waals surface area contributed by atoms with Crippen molar-refractivity contribution in [1.29, 1.82) is 0 Å². The van der Waals surface area contributed by atoms with Crippen molar-refractivity contribution in [2.45, 2.75) is 37.8 Å². The average Bonchev–Trinajstić information content (AvgIpc) is 2.66.